The SMILES string of the molecule is Clc1cccc(Cl)c1-c1cc(-c2ccc(-n3cccc3)cc2)on1. The van der Waals surface area contributed by atoms with Crippen LogP contribution in [0.3, 0.4) is 0 Å². The van der Waals surface area contributed by atoms with E-state index in [1.807, 2.05) is 59.4 Å². The number of aromatic nitrogens is 2. The molecule has 0 N–H and O–H groups in total. The van der Waals surface area contributed by atoms with Crippen molar-refractivity contribution in [1.29, 1.82) is 0 Å². The molecule has 0 saturated carbocycles. The number of halogens is 2. The topological polar surface area (TPSA) is 31.0 Å². The summed E-state index contributed by atoms with van der Waals surface area (Å²) >= 11 is 12.5. The zero-order chi connectivity index (χ0) is 16.5. The molecule has 4 rings (SSSR count). The highest BCUT2D eigenvalue weighted by molar-refractivity contribution is 6.39. The minimum Gasteiger partial charge on any atom is -0.356 e. The first-order valence-electron chi connectivity index (χ1n) is 7.37. The summed E-state index contributed by atoms with van der Waals surface area (Å²) in [7, 11) is 0. The van der Waals surface area contributed by atoms with Gasteiger partial charge in [-0.15, -0.1) is 0 Å². The van der Waals surface area contributed by atoms with E-state index in [0.29, 0.717) is 27.1 Å². The van der Waals surface area contributed by atoms with Crippen molar-refractivity contribution in [2.24, 2.45) is 0 Å². The zero-order valence-corrected chi connectivity index (χ0v) is 14.0. The first-order chi connectivity index (χ1) is 11.7. The molecule has 3 nitrogen and oxygen atoms in total. The molecule has 24 heavy (non-hydrogen) atoms. The molecule has 0 saturated heterocycles. The maximum absolute atomic E-state index is 6.23. The lowest BCUT2D eigenvalue weighted by atomic mass is 10.1. The number of benzene rings is 2. The minimum absolute atomic E-state index is 0.547. The predicted molar refractivity (Wildman–Crippen MR) is 96.7 cm³/mol. The lowest BCUT2D eigenvalue weighted by Gasteiger charge is -2.03. The van der Waals surface area contributed by atoms with E-state index in [2.05, 4.69) is 5.16 Å². The third-order valence-corrected chi connectivity index (χ3v) is 4.41. The molecule has 0 fully saturated rings. The summed E-state index contributed by atoms with van der Waals surface area (Å²) in [4.78, 5) is 0. The van der Waals surface area contributed by atoms with E-state index >= 15 is 0 Å². The molecule has 0 bridgehead atoms. The van der Waals surface area contributed by atoms with E-state index in [9.17, 15) is 0 Å². The second-order valence-corrected chi connectivity index (χ2v) is 6.12. The van der Waals surface area contributed by atoms with Crippen LogP contribution in [0, 0.1) is 0 Å². The summed E-state index contributed by atoms with van der Waals surface area (Å²) in [6.07, 6.45) is 4.00. The molecule has 0 unspecified atom stereocenters. The zero-order valence-electron chi connectivity index (χ0n) is 12.5. The average Bonchev–Trinajstić information content (AvgIpc) is 3.27. The molecule has 0 aliphatic rings. The summed E-state index contributed by atoms with van der Waals surface area (Å²) in [6.45, 7) is 0. The van der Waals surface area contributed by atoms with E-state index < -0.39 is 0 Å². The summed E-state index contributed by atoms with van der Waals surface area (Å²) in [5.74, 6) is 0.667. The van der Waals surface area contributed by atoms with Gasteiger partial charge in [0.05, 0.1) is 10.0 Å². The summed E-state index contributed by atoms with van der Waals surface area (Å²) < 4.78 is 7.51. The molecule has 0 spiro atoms. The molecular formula is C19H12Cl2N2O. The molecule has 2 aromatic heterocycles. The van der Waals surface area contributed by atoms with Crippen molar-refractivity contribution >= 4 is 23.2 Å². The Bertz CT molecular complexity index is 953. The number of nitrogens with zero attached hydrogens (tertiary/aromatic N) is 2. The molecule has 4 aromatic rings. The molecular weight excluding hydrogens is 343 g/mol. The number of hydrogen-bond donors (Lipinski definition) is 0. The molecule has 0 atom stereocenters. The molecule has 0 aliphatic heterocycles. The second-order valence-electron chi connectivity index (χ2n) is 5.31. The summed E-state index contributed by atoms with van der Waals surface area (Å²) in [6, 6.07) is 19.2. The van der Waals surface area contributed by atoms with Crippen molar-refractivity contribution < 1.29 is 4.52 Å². The van der Waals surface area contributed by atoms with Gasteiger partial charge in [0.1, 0.15) is 5.69 Å². The van der Waals surface area contributed by atoms with Crippen LogP contribution in [0.25, 0.3) is 28.3 Å². The third-order valence-electron chi connectivity index (χ3n) is 3.78. The van der Waals surface area contributed by atoms with Crippen LogP contribution >= 0.6 is 23.2 Å². The molecule has 0 radical (unpaired) electrons. The van der Waals surface area contributed by atoms with Gasteiger partial charge in [0, 0.05) is 35.3 Å². The number of rotatable bonds is 3. The van der Waals surface area contributed by atoms with Crippen LogP contribution in [-0.2, 0) is 0 Å². The highest BCUT2D eigenvalue weighted by Gasteiger charge is 2.14. The second kappa shape index (κ2) is 6.19. The highest BCUT2D eigenvalue weighted by Crippen LogP contribution is 2.35. The molecule has 0 amide bonds. The van der Waals surface area contributed by atoms with Crippen molar-refractivity contribution in [2.45, 2.75) is 0 Å². The Kier molecular flexibility index (Phi) is 3.89. The molecule has 0 aliphatic carbocycles. The Balaban J connectivity index is 1.68. The van der Waals surface area contributed by atoms with Crippen molar-refractivity contribution in [3.8, 4) is 28.3 Å². The van der Waals surface area contributed by atoms with Crippen LogP contribution < -0.4 is 0 Å². The fourth-order valence-corrected chi connectivity index (χ4v) is 3.17. The fraction of sp³-hybridized carbons (Fsp3) is 0. The molecule has 2 aromatic carbocycles. The largest absolute Gasteiger partial charge is 0.356 e. The van der Waals surface area contributed by atoms with Crippen LogP contribution in [-0.4, -0.2) is 9.72 Å². The normalized spacial score (nSPS) is 10.9. The summed E-state index contributed by atoms with van der Waals surface area (Å²) in [5.41, 5.74) is 3.32. The summed E-state index contributed by atoms with van der Waals surface area (Å²) in [5, 5.41) is 5.20. The van der Waals surface area contributed by atoms with E-state index in [4.69, 9.17) is 27.7 Å². The van der Waals surface area contributed by atoms with E-state index in [1.54, 1.807) is 18.2 Å². The maximum Gasteiger partial charge on any atom is 0.167 e. The van der Waals surface area contributed by atoms with Crippen molar-refractivity contribution in [3.63, 3.8) is 0 Å². The average molecular weight is 355 g/mol. The fourth-order valence-electron chi connectivity index (χ4n) is 2.58. The van der Waals surface area contributed by atoms with E-state index in [-0.39, 0.29) is 0 Å². The first kappa shape index (κ1) is 15.1. The predicted octanol–water partition coefficient (Wildman–Crippen LogP) is 6.11. The van der Waals surface area contributed by atoms with Gasteiger partial charge in [-0.1, -0.05) is 34.4 Å². The van der Waals surface area contributed by atoms with E-state index in [0.717, 1.165) is 11.3 Å². The quantitative estimate of drug-likeness (QED) is 0.444. The minimum atomic E-state index is 0.547. The van der Waals surface area contributed by atoms with Gasteiger partial charge in [0.2, 0.25) is 0 Å². The standard InChI is InChI=1S/C19H12Cl2N2O/c20-15-4-3-5-16(21)19(15)17-12-18(24-22-17)13-6-8-14(9-7-13)23-10-1-2-11-23/h1-12H. The van der Waals surface area contributed by atoms with E-state index in [1.165, 1.54) is 0 Å². The van der Waals surface area contributed by atoms with Crippen molar-refractivity contribution in [1.82, 2.24) is 9.72 Å². The smallest absolute Gasteiger partial charge is 0.167 e. The Morgan fingerprint density at radius 3 is 2.17 bits per heavy atom. The van der Waals surface area contributed by atoms with Crippen LogP contribution in [0.5, 0.6) is 0 Å². The molecule has 5 heteroatoms. The Morgan fingerprint density at radius 2 is 1.50 bits per heavy atom. The molecule has 118 valence electrons. The van der Waals surface area contributed by atoms with Gasteiger partial charge in [-0.25, -0.2) is 0 Å². The monoisotopic (exact) mass is 354 g/mol. The van der Waals surface area contributed by atoms with Gasteiger partial charge in [0.15, 0.2) is 5.76 Å². The molecule has 2 heterocycles. The Labute approximate surface area is 149 Å². The van der Waals surface area contributed by atoms with Crippen LogP contribution in [0.1, 0.15) is 0 Å². The van der Waals surface area contributed by atoms with Crippen LogP contribution in [0.15, 0.2) is 77.6 Å². The lowest BCUT2D eigenvalue weighted by molar-refractivity contribution is 0.435. The van der Waals surface area contributed by atoms with Crippen molar-refractivity contribution in [3.05, 3.63) is 83.1 Å². The Hall–Kier alpha value is -2.49. The van der Waals surface area contributed by atoms with Gasteiger partial charge in [-0.05, 0) is 48.5 Å². The lowest BCUT2D eigenvalue weighted by Crippen LogP contribution is -1.88. The van der Waals surface area contributed by atoms with Gasteiger partial charge in [-0.3, -0.25) is 0 Å². The Morgan fingerprint density at radius 1 is 0.833 bits per heavy atom. The van der Waals surface area contributed by atoms with Crippen LogP contribution in [0.2, 0.25) is 10.0 Å². The van der Waals surface area contributed by atoms with Crippen LogP contribution in [0.4, 0.5) is 0 Å². The van der Waals surface area contributed by atoms with Gasteiger partial charge < -0.3 is 9.09 Å². The van der Waals surface area contributed by atoms with Gasteiger partial charge >= 0.3 is 0 Å². The highest BCUT2D eigenvalue weighted by atomic mass is 35.5. The number of hydrogen-bond acceptors (Lipinski definition) is 2. The third kappa shape index (κ3) is 2.73. The first-order valence-corrected chi connectivity index (χ1v) is 8.13. The van der Waals surface area contributed by atoms with Gasteiger partial charge in [0.25, 0.3) is 0 Å². The van der Waals surface area contributed by atoms with Crippen molar-refractivity contribution in [2.75, 3.05) is 0 Å². The van der Waals surface area contributed by atoms with Gasteiger partial charge in [-0.2, -0.15) is 0 Å². The maximum atomic E-state index is 6.23.